The van der Waals surface area contributed by atoms with Crippen LogP contribution in [0.15, 0.2) is 0 Å². The molecule has 2 amide bonds. The van der Waals surface area contributed by atoms with Gasteiger partial charge in [0.25, 0.3) is 0 Å². The quantitative estimate of drug-likeness (QED) is 0.788. The first kappa shape index (κ1) is 17.5. The van der Waals surface area contributed by atoms with Crippen LogP contribution in [-0.2, 0) is 19.1 Å². The fraction of sp³-hybridized carbons (Fsp3) is 0.800. The summed E-state index contributed by atoms with van der Waals surface area (Å²) in [7, 11) is 1.35. The third-order valence-corrected chi connectivity index (χ3v) is 3.66. The van der Waals surface area contributed by atoms with Crippen molar-refractivity contribution >= 4 is 17.8 Å². The molecular formula is C15H26N2O4. The lowest BCUT2D eigenvalue weighted by molar-refractivity contribution is -0.145. The number of likely N-dealkylation sites (tertiary alicyclic amines) is 1. The molecule has 1 atom stereocenters. The fourth-order valence-electron chi connectivity index (χ4n) is 2.34. The minimum absolute atomic E-state index is 0.0201. The first-order chi connectivity index (χ1) is 9.75. The number of carbonyl (C=O) groups excluding carboxylic acids is 3. The molecule has 0 saturated carbocycles. The maximum Gasteiger partial charge on any atom is 0.307 e. The lowest BCUT2D eigenvalue weighted by Gasteiger charge is -2.35. The number of amides is 2. The second-order valence-electron chi connectivity index (χ2n) is 6.45. The smallest absolute Gasteiger partial charge is 0.307 e. The van der Waals surface area contributed by atoms with Gasteiger partial charge in [-0.25, -0.2) is 0 Å². The summed E-state index contributed by atoms with van der Waals surface area (Å²) in [6.45, 7) is 6.01. The molecule has 0 bridgehead atoms. The van der Waals surface area contributed by atoms with Crippen LogP contribution in [0.2, 0.25) is 0 Å². The minimum Gasteiger partial charge on any atom is -0.469 e. The van der Waals surface area contributed by atoms with Crippen LogP contribution in [0.25, 0.3) is 0 Å². The number of piperidine rings is 1. The molecule has 6 heteroatoms. The predicted octanol–water partition coefficient (Wildman–Crippen LogP) is 1.09. The van der Waals surface area contributed by atoms with Crippen LogP contribution in [0.5, 0.6) is 0 Å². The SMILES string of the molecule is COC(=O)CC1CCCCN1C(=O)CNC(=O)C(C)(C)C. The van der Waals surface area contributed by atoms with E-state index in [1.54, 1.807) is 25.7 Å². The van der Waals surface area contributed by atoms with Crippen LogP contribution in [0, 0.1) is 5.41 Å². The predicted molar refractivity (Wildman–Crippen MR) is 78.4 cm³/mol. The standard InChI is InChI=1S/C15H26N2O4/c1-15(2,3)14(20)16-10-12(18)17-8-6-5-7-11(17)9-13(19)21-4/h11H,5-10H2,1-4H3,(H,16,20). The molecule has 0 aliphatic carbocycles. The molecule has 1 aliphatic heterocycles. The Hall–Kier alpha value is -1.59. The molecule has 120 valence electrons. The van der Waals surface area contributed by atoms with Gasteiger partial charge < -0.3 is 15.0 Å². The molecular weight excluding hydrogens is 272 g/mol. The van der Waals surface area contributed by atoms with Crippen LogP contribution < -0.4 is 5.32 Å². The largest absolute Gasteiger partial charge is 0.469 e. The Balaban J connectivity index is 2.57. The van der Waals surface area contributed by atoms with Crippen LogP contribution >= 0.6 is 0 Å². The third-order valence-electron chi connectivity index (χ3n) is 3.66. The zero-order valence-electron chi connectivity index (χ0n) is 13.4. The highest BCUT2D eigenvalue weighted by molar-refractivity contribution is 5.87. The van der Waals surface area contributed by atoms with Crippen molar-refractivity contribution in [3.05, 3.63) is 0 Å². The van der Waals surface area contributed by atoms with Gasteiger partial charge in [0.1, 0.15) is 0 Å². The summed E-state index contributed by atoms with van der Waals surface area (Å²) in [5.74, 6) is -0.600. The van der Waals surface area contributed by atoms with E-state index in [4.69, 9.17) is 0 Å². The Morgan fingerprint density at radius 1 is 1.24 bits per heavy atom. The molecule has 1 saturated heterocycles. The molecule has 1 N–H and O–H groups in total. The van der Waals surface area contributed by atoms with E-state index in [2.05, 4.69) is 10.1 Å². The highest BCUT2D eigenvalue weighted by Gasteiger charge is 2.29. The van der Waals surface area contributed by atoms with Gasteiger partial charge in [0.05, 0.1) is 20.1 Å². The summed E-state index contributed by atoms with van der Waals surface area (Å²) in [5, 5.41) is 2.66. The van der Waals surface area contributed by atoms with Crippen LogP contribution in [-0.4, -0.2) is 48.9 Å². The van der Waals surface area contributed by atoms with Gasteiger partial charge in [0.15, 0.2) is 0 Å². The van der Waals surface area contributed by atoms with E-state index in [-0.39, 0.29) is 36.8 Å². The van der Waals surface area contributed by atoms with Crippen molar-refractivity contribution < 1.29 is 19.1 Å². The van der Waals surface area contributed by atoms with E-state index >= 15 is 0 Å². The summed E-state index contributed by atoms with van der Waals surface area (Å²) in [4.78, 5) is 37.2. The molecule has 1 aliphatic rings. The Labute approximate surface area is 126 Å². The van der Waals surface area contributed by atoms with E-state index in [0.717, 1.165) is 19.3 Å². The zero-order valence-corrected chi connectivity index (χ0v) is 13.4. The number of nitrogens with one attached hydrogen (secondary N) is 1. The number of hydrogen-bond donors (Lipinski definition) is 1. The molecule has 0 aromatic carbocycles. The van der Waals surface area contributed by atoms with Crippen LogP contribution in [0.3, 0.4) is 0 Å². The van der Waals surface area contributed by atoms with Crippen molar-refractivity contribution in [2.75, 3.05) is 20.2 Å². The van der Waals surface area contributed by atoms with Crippen LogP contribution in [0.1, 0.15) is 46.5 Å². The molecule has 21 heavy (non-hydrogen) atoms. The summed E-state index contributed by atoms with van der Waals surface area (Å²) in [5.41, 5.74) is -0.520. The van der Waals surface area contributed by atoms with Crippen molar-refractivity contribution in [1.29, 1.82) is 0 Å². The van der Waals surface area contributed by atoms with Crippen molar-refractivity contribution in [2.45, 2.75) is 52.5 Å². The van der Waals surface area contributed by atoms with E-state index in [1.165, 1.54) is 7.11 Å². The van der Waals surface area contributed by atoms with Gasteiger partial charge in [-0.1, -0.05) is 20.8 Å². The molecule has 0 aromatic heterocycles. The second-order valence-corrected chi connectivity index (χ2v) is 6.45. The van der Waals surface area contributed by atoms with Gasteiger partial charge in [-0.2, -0.15) is 0 Å². The van der Waals surface area contributed by atoms with Gasteiger partial charge in [-0.05, 0) is 19.3 Å². The van der Waals surface area contributed by atoms with Gasteiger partial charge in [-0.3, -0.25) is 14.4 Å². The summed E-state index contributed by atoms with van der Waals surface area (Å²) in [6.07, 6.45) is 2.94. The lowest BCUT2D eigenvalue weighted by Crippen LogP contribution is -2.49. The van der Waals surface area contributed by atoms with Crippen molar-refractivity contribution in [3.63, 3.8) is 0 Å². The number of hydrogen-bond acceptors (Lipinski definition) is 4. The molecule has 1 unspecified atom stereocenters. The highest BCUT2D eigenvalue weighted by Crippen LogP contribution is 2.20. The number of rotatable bonds is 4. The number of ether oxygens (including phenoxy) is 1. The molecule has 0 spiro atoms. The monoisotopic (exact) mass is 298 g/mol. The lowest BCUT2D eigenvalue weighted by atomic mass is 9.95. The van der Waals surface area contributed by atoms with Gasteiger partial charge in [0.2, 0.25) is 11.8 Å². The normalized spacial score (nSPS) is 19.0. The molecule has 1 heterocycles. The average molecular weight is 298 g/mol. The van der Waals surface area contributed by atoms with E-state index < -0.39 is 5.41 Å². The minimum atomic E-state index is -0.520. The zero-order chi connectivity index (χ0) is 16.0. The summed E-state index contributed by atoms with van der Waals surface area (Å²) < 4.78 is 4.68. The molecule has 0 aromatic rings. The number of esters is 1. The summed E-state index contributed by atoms with van der Waals surface area (Å²) >= 11 is 0. The van der Waals surface area contributed by atoms with Crippen molar-refractivity contribution in [2.24, 2.45) is 5.41 Å². The maximum absolute atomic E-state index is 12.3. The molecule has 1 fully saturated rings. The average Bonchev–Trinajstić information content (AvgIpc) is 2.43. The maximum atomic E-state index is 12.3. The van der Waals surface area contributed by atoms with E-state index in [0.29, 0.717) is 6.54 Å². The van der Waals surface area contributed by atoms with Crippen LogP contribution in [0.4, 0.5) is 0 Å². The Morgan fingerprint density at radius 3 is 2.48 bits per heavy atom. The number of methoxy groups -OCH3 is 1. The molecule has 0 radical (unpaired) electrons. The van der Waals surface area contributed by atoms with Crippen molar-refractivity contribution in [3.8, 4) is 0 Å². The Morgan fingerprint density at radius 2 is 1.90 bits per heavy atom. The number of nitrogens with zero attached hydrogens (tertiary/aromatic N) is 1. The number of carbonyl (C=O) groups is 3. The molecule has 6 nitrogen and oxygen atoms in total. The topological polar surface area (TPSA) is 75.7 Å². The Bertz CT molecular complexity index is 401. The van der Waals surface area contributed by atoms with Gasteiger partial charge in [0, 0.05) is 18.0 Å². The highest BCUT2D eigenvalue weighted by atomic mass is 16.5. The first-order valence-electron chi connectivity index (χ1n) is 7.40. The van der Waals surface area contributed by atoms with Crippen molar-refractivity contribution in [1.82, 2.24) is 10.2 Å². The van der Waals surface area contributed by atoms with E-state index in [9.17, 15) is 14.4 Å². The Kier molecular flexibility index (Phi) is 6.18. The fourth-order valence-corrected chi connectivity index (χ4v) is 2.34. The van der Waals surface area contributed by atoms with E-state index in [1.807, 2.05) is 0 Å². The first-order valence-corrected chi connectivity index (χ1v) is 7.40. The van der Waals surface area contributed by atoms with Gasteiger partial charge in [-0.15, -0.1) is 0 Å². The second kappa shape index (κ2) is 7.43. The third kappa shape index (κ3) is 5.36. The van der Waals surface area contributed by atoms with Gasteiger partial charge >= 0.3 is 5.97 Å². The molecule has 1 rings (SSSR count). The summed E-state index contributed by atoms with van der Waals surface area (Å²) in [6, 6.07) is -0.120.